The number of rotatable bonds is 6. The minimum atomic E-state index is -0.114. The van der Waals surface area contributed by atoms with E-state index in [9.17, 15) is 4.79 Å². The number of carbonyl (C=O) groups is 1. The SMILES string of the molecule is CCCCCC(=O)NC1(CCl)CCC(C)CC1. The van der Waals surface area contributed by atoms with Crippen molar-refractivity contribution in [3.8, 4) is 0 Å². The second-order valence-electron chi connectivity index (χ2n) is 5.60. The number of hydrogen-bond acceptors (Lipinski definition) is 1. The molecule has 1 aliphatic carbocycles. The van der Waals surface area contributed by atoms with Crippen LogP contribution in [-0.4, -0.2) is 17.3 Å². The third-order valence-electron chi connectivity index (χ3n) is 3.90. The molecule has 0 heterocycles. The quantitative estimate of drug-likeness (QED) is 0.569. The second-order valence-corrected chi connectivity index (χ2v) is 5.87. The van der Waals surface area contributed by atoms with Crippen molar-refractivity contribution in [1.82, 2.24) is 5.32 Å². The lowest BCUT2D eigenvalue weighted by molar-refractivity contribution is -0.123. The summed E-state index contributed by atoms with van der Waals surface area (Å²) in [4.78, 5) is 11.9. The average Bonchev–Trinajstić information content (AvgIpc) is 2.33. The minimum absolute atomic E-state index is 0.114. The van der Waals surface area contributed by atoms with Gasteiger partial charge in [0.15, 0.2) is 0 Å². The van der Waals surface area contributed by atoms with Crippen molar-refractivity contribution in [2.75, 3.05) is 5.88 Å². The molecule has 0 aromatic rings. The Balaban J connectivity index is 2.37. The maximum atomic E-state index is 11.9. The molecule has 0 aromatic carbocycles. The zero-order valence-corrected chi connectivity index (χ0v) is 12.0. The lowest BCUT2D eigenvalue weighted by atomic mass is 9.78. The molecule has 0 atom stereocenters. The van der Waals surface area contributed by atoms with Crippen molar-refractivity contribution in [2.45, 2.75) is 70.8 Å². The predicted octanol–water partition coefficient (Wildman–Crippen LogP) is 3.87. The van der Waals surface area contributed by atoms with E-state index in [4.69, 9.17) is 11.6 Å². The van der Waals surface area contributed by atoms with E-state index in [1.165, 1.54) is 12.8 Å². The summed E-state index contributed by atoms with van der Waals surface area (Å²) in [6.45, 7) is 4.43. The van der Waals surface area contributed by atoms with Crippen LogP contribution in [0.3, 0.4) is 0 Å². The summed E-state index contributed by atoms with van der Waals surface area (Å²) in [7, 11) is 0. The molecule has 0 spiro atoms. The molecule has 2 nitrogen and oxygen atoms in total. The largest absolute Gasteiger partial charge is 0.349 e. The van der Waals surface area contributed by atoms with E-state index >= 15 is 0 Å². The molecule has 1 N–H and O–H groups in total. The number of halogens is 1. The van der Waals surface area contributed by atoms with Gasteiger partial charge in [-0.15, -0.1) is 11.6 Å². The van der Waals surface area contributed by atoms with Gasteiger partial charge in [-0.25, -0.2) is 0 Å². The van der Waals surface area contributed by atoms with Crippen LogP contribution in [0.1, 0.15) is 65.2 Å². The highest BCUT2D eigenvalue weighted by atomic mass is 35.5. The molecule has 100 valence electrons. The molecule has 1 aliphatic rings. The van der Waals surface area contributed by atoms with E-state index in [0.717, 1.165) is 38.0 Å². The molecule has 1 amide bonds. The monoisotopic (exact) mass is 259 g/mol. The van der Waals surface area contributed by atoms with Crippen molar-refractivity contribution in [2.24, 2.45) is 5.92 Å². The maximum Gasteiger partial charge on any atom is 0.220 e. The highest BCUT2D eigenvalue weighted by Crippen LogP contribution is 2.32. The van der Waals surface area contributed by atoms with Gasteiger partial charge in [-0.1, -0.05) is 26.7 Å². The van der Waals surface area contributed by atoms with Gasteiger partial charge in [-0.2, -0.15) is 0 Å². The van der Waals surface area contributed by atoms with Gasteiger partial charge in [0.25, 0.3) is 0 Å². The van der Waals surface area contributed by atoms with Crippen LogP contribution in [0.5, 0.6) is 0 Å². The van der Waals surface area contributed by atoms with Crippen LogP contribution in [0.15, 0.2) is 0 Å². The summed E-state index contributed by atoms with van der Waals surface area (Å²) in [5.74, 6) is 1.52. The molecular formula is C14H26ClNO. The Kier molecular flexibility index (Phi) is 6.32. The van der Waals surface area contributed by atoms with Crippen molar-refractivity contribution >= 4 is 17.5 Å². The van der Waals surface area contributed by atoms with Gasteiger partial charge >= 0.3 is 0 Å². The van der Waals surface area contributed by atoms with Crippen LogP contribution in [0.4, 0.5) is 0 Å². The van der Waals surface area contributed by atoms with Gasteiger partial charge in [0.1, 0.15) is 0 Å². The summed E-state index contributed by atoms with van der Waals surface area (Å²) in [5.41, 5.74) is -0.114. The fourth-order valence-electron chi connectivity index (χ4n) is 2.50. The van der Waals surface area contributed by atoms with Crippen LogP contribution in [-0.2, 0) is 4.79 Å². The third kappa shape index (κ3) is 4.87. The van der Waals surface area contributed by atoms with Crippen LogP contribution < -0.4 is 5.32 Å². The summed E-state index contributed by atoms with van der Waals surface area (Å²) in [5, 5.41) is 3.19. The van der Waals surface area contributed by atoms with Gasteiger partial charge in [0.05, 0.1) is 5.54 Å². The van der Waals surface area contributed by atoms with E-state index < -0.39 is 0 Å². The highest BCUT2D eigenvalue weighted by molar-refractivity contribution is 6.18. The lowest BCUT2D eigenvalue weighted by Gasteiger charge is -2.38. The summed E-state index contributed by atoms with van der Waals surface area (Å²) < 4.78 is 0. The van der Waals surface area contributed by atoms with Gasteiger partial charge in [-0.05, 0) is 38.0 Å². The fourth-order valence-corrected chi connectivity index (χ4v) is 2.83. The molecule has 0 unspecified atom stereocenters. The normalized spacial score (nSPS) is 29.0. The van der Waals surface area contributed by atoms with Crippen LogP contribution in [0.2, 0.25) is 0 Å². The third-order valence-corrected chi connectivity index (χ3v) is 4.41. The molecule has 0 aliphatic heterocycles. The molecule has 1 saturated carbocycles. The van der Waals surface area contributed by atoms with Crippen molar-refractivity contribution in [1.29, 1.82) is 0 Å². The van der Waals surface area contributed by atoms with Crippen molar-refractivity contribution < 1.29 is 4.79 Å². The number of amides is 1. The number of unbranched alkanes of at least 4 members (excludes halogenated alkanes) is 2. The summed E-state index contributed by atoms with van der Waals surface area (Å²) in [6, 6.07) is 0. The van der Waals surface area contributed by atoms with Crippen LogP contribution in [0, 0.1) is 5.92 Å². The van der Waals surface area contributed by atoms with E-state index in [2.05, 4.69) is 19.2 Å². The second kappa shape index (κ2) is 7.25. The van der Waals surface area contributed by atoms with Crippen LogP contribution in [0.25, 0.3) is 0 Å². The molecule has 1 rings (SSSR count). The molecule has 3 heteroatoms. The Bertz CT molecular complexity index is 234. The number of carbonyl (C=O) groups excluding carboxylic acids is 1. The molecular weight excluding hydrogens is 234 g/mol. The van der Waals surface area contributed by atoms with E-state index in [-0.39, 0.29) is 11.4 Å². The Morgan fingerprint density at radius 1 is 1.35 bits per heavy atom. The van der Waals surface area contributed by atoms with E-state index in [1.807, 2.05) is 0 Å². The first kappa shape index (κ1) is 14.8. The maximum absolute atomic E-state index is 11.9. The first-order valence-electron chi connectivity index (χ1n) is 6.99. The van der Waals surface area contributed by atoms with Crippen molar-refractivity contribution in [3.05, 3.63) is 0 Å². The molecule has 1 fully saturated rings. The molecule has 0 aromatic heterocycles. The zero-order valence-electron chi connectivity index (χ0n) is 11.2. The standard InChI is InChI=1S/C14H26ClNO/c1-3-4-5-6-13(17)16-14(11-15)9-7-12(2)8-10-14/h12H,3-11H2,1-2H3,(H,16,17). The van der Waals surface area contributed by atoms with Crippen molar-refractivity contribution in [3.63, 3.8) is 0 Å². The predicted molar refractivity (Wildman–Crippen MR) is 73.4 cm³/mol. The zero-order chi connectivity index (χ0) is 12.7. The van der Waals surface area contributed by atoms with Gasteiger partial charge in [-0.3, -0.25) is 4.79 Å². The summed E-state index contributed by atoms with van der Waals surface area (Å²) in [6.07, 6.45) is 8.39. The number of hydrogen-bond donors (Lipinski definition) is 1. The van der Waals surface area contributed by atoms with Gasteiger partial charge < -0.3 is 5.32 Å². The van der Waals surface area contributed by atoms with Gasteiger partial charge in [0.2, 0.25) is 5.91 Å². The Labute approximate surface area is 110 Å². The number of alkyl halides is 1. The molecule has 17 heavy (non-hydrogen) atoms. The molecule has 0 bridgehead atoms. The topological polar surface area (TPSA) is 29.1 Å². The van der Waals surface area contributed by atoms with E-state index in [0.29, 0.717) is 12.3 Å². The highest BCUT2D eigenvalue weighted by Gasteiger charge is 2.34. The lowest BCUT2D eigenvalue weighted by Crippen LogP contribution is -2.52. The minimum Gasteiger partial charge on any atom is -0.349 e. The first-order chi connectivity index (χ1) is 8.12. The Morgan fingerprint density at radius 2 is 2.00 bits per heavy atom. The Hall–Kier alpha value is -0.240. The Morgan fingerprint density at radius 3 is 2.53 bits per heavy atom. The average molecular weight is 260 g/mol. The van der Waals surface area contributed by atoms with Crippen LogP contribution >= 0.6 is 11.6 Å². The molecule has 0 radical (unpaired) electrons. The summed E-state index contributed by atoms with van der Waals surface area (Å²) >= 11 is 6.08. The first-order valence-corrected chi connectivity index (χ1v) is 7.52. The fraction of sp³-hybridized carbons (Fsp3) is 0.929. The van der Waals surface area contributed by atoms with Gasteiger partial charge in [0, 0.05) is 12.3 Å². The smallest absolute Gasteiger partial charge is 0.220 e. The van der Waals surface area contributed by atoms with E-state index in [1.54, 1.807) is 0 Å². The number of nitrogens with one attached hydrogen (secondary N) is 1. The molecule has 0 saturated heterocycles.